The van der Waals surface area contributed by atoms with Crippen LogP contribution in [0.15, 0.2) is 41.9 Å². The molecule has 3 rings (SSSR count). The molecule has 1 aliphatic rings. The van der Waals surface area contributed by atoms with Crippen LogP contribution in [0.3, 0.4) is 0 Å². The second-order valence-electron chi connectivity index (χ2n) is 7.33. The first kappa shape index (κ1) is 20.3. The summed E-state index contributed by atoms with van der Waals surface area (Å²) in [6.45, 7) is 9.06. The van der Waals surface area contributed by atoms with Crippen molar-refractivity contribution in [3.63, 3.8) is 0 Å². The lowest BCUT2D eigenvalue weighted by Gasteiger charge is -2.14. The van der Waals surface area contributed by atoms with Gasteiger partial charge in [0.05, 0.1) is 6.54 Å². The predicted molar refractivity (Wildman–Crippen MR) is 113 cm³/mol. The minimum atomic E-state index is 0.694. The zero-order valence-electron chi connectivity index (χ0n) is 17.0. The highest BCUT2D eigenvalue weighted by Gasteiger charge is 2.11. The van der Waals surface area contributed by atoms with Gasteiger partial charge in [0.2, 0.25) is 0 Å². The van der Waals surface area contributed by atoms with Gasteiger partial charge in [-0.2, -0.15) is 0 Å². The molecule has 0 spiro atoms. The smallest absolute Gasteiger partial charge is 0.191 e. The van der Waals surface area contributed by atoms with E-state index in [-0.39, 0.29) is 0 Å². The summed E-state index contributed by atoms with van der Waals surface area (Å²) in [5.74, 6) is 0.882. The molecule has 1 aliphatic heterocycles. The molecule has 0 saturated carbocycles. The number of hydrogen-bond donors (Lipinski definition) is 2. The van der Waals surface area contributed by atoms with E-state index in [0.29, 0.717) is 6.54 Å². The van der Waals surface area contributed by atoms with Crippen LogP contribution in [0.1, 0.15) is 43.7 Å². The highest BCUT2D eigenvalue weighted by atomic mass is 15.2. The van der Waals surface area contributed by atoms with Crippen LogP contribution in [0.2, 0.25) is 0 Å². The van der Waals surface area contributed by atoms with E-state index in [0.717, 1.165) is 45.0 Å². The molecule has 2 N–H and O–H groups in total. The molecule has 2 heterocycles. The van der Waals surface area contributed by atoms with E-state index in [2.05, 4.69) is 56.9 Å². The van der Waals surface area contributed by atoms with Crippen LogP contribution in [0.4, 0.5) is 0 Å². The van der Waals surface area contributed by atoms with Crippen molar-refractivity contribution in [2.45, 2.75) is 52.2 Å². The Morgan fingerprint density at radius 1 is 1.00 bits per heavy atom. The number of aromatic nitrogens is 3. The van der Waals surface area contributed by atoms with Crippen molar-refractivity contribution in [1.82, 2.24) is 30.3 Å². The van der Waals surface area contributed by atoms with Crippen molar-refractivity contribution >= 4 is 5.96 Å². The molecular weight excluding hydrogens is 350 g/mol. The van der Waals surface area contributed by atoms with Crippen LogP contribution in [0.5, 0.6) is 0 Å². The molecule has 28 heavy (non-hydrogen) atoms. The topological polar surface area (TPSA) is 70.4 Å². The number of hydrogen-bond acceptors (Lipinski definition) is 4. The van der Waals surface area contributed by atoms with Crippen LogP contribution < -0.4 is 10.6 Å². The third kappa shape index (κ3) is 6.96. The first-order valence-electron chi connectivity index (χ1n) is 10.5. The minimum Gasteiger partial charge on any atom is -0.357 e. The van der Waals surface area contributed by atoms with Gasteiger partial charge in [-0.25, -0.2) is 4.99 Å². The Kier molecular flexibility index (Phi) is 8.30. The Hall–Kier alpha value is -2.41. The molecule has 7 nitrogen and oxygen atoms in total. The van der Waals surface area contributed by atoms with Crippen molar-refractivity contribution in [1.29, 1.82) is 0 Å². The molecule has 1 aromatic carbocycles. The molecule has 0 bridgehead atoms. The third-order valence-electron chi connectivity index (χ3n) is 4.99. The molecule has 152 valence electrons. The van der Waals surface area contributed by atoms with Gasteiger partial charge in [-0.3, -0.25) is 4.90 Å². The summed E-state index contributed by atoms with van der Waals surface area (Å²) in [5.41, 5.74) is 2.64. The zero-order valence-corrected chi connectivity index (χ0v) is 17.0. The summed E-state index contributed by atoms with van der Waals surface area (Å²) in [6, 6.07) is 8.90. The molecular formula is C21H33N7. The van der Waals surface area contributed by atoms with Crippen molar-refractivity contribution in [2.75, 3.05) is 26.2 Å². The van der Waals surface area contributed by atoms with E-state index in [4.69, 9.17) is 4.99 Å². The maximum absolute atomic E-state index is 4.72. The van der Waals surface area contributed by atoms with Crippen LogP contribution in [-0.4, -0.2) is 51.8 Å². The Morgan fingerprint density at radius 2 is 1.71 bits per heavy atom. The average molecular weight is 384 g/mol. The summed E-state index contributed by atoms with van der Waals surface area (Å²) in [4.78, 5) is 7.25. The Bertz CT molecular complexity index is 688. The normalized spacial score (nSPS) is 15.1. The number of nitrogens with one attached hydrogen (secondary N) is 2. The summed E-state index contributed by atoms with van der Waals surface area (Å²) in [6.07, 6.45) is 8.36. The van der Waals surface area contributed by atoms with E-state index in [1.807, 2.05) is 4.57 Å². The van der Waals surface area contributed by atoms with Gasteiger partial charge >= 0.3 is 0 Å². The fraction of sp³-hybridized carbons (Fsp3) is 0.571. The van der Waals surface area contributed by atoms with Crippen molar-refractivity contribution in [3.8, 4) is 0 Å². The lowest BCUT2D eigenvalue weighted by Crippen LogP contribution is -2.37. The minimum absolute atomic E-state index is 0.694. The first-order chi connectivity index (χ1) is 13.8. The third-order valence-corrected chi connectivity index (χ3v) is 4.99. The average Bonchev–Trinajstić information content (AvgIpc) is 3.41. The van der Waals surface area contributed by atoms with Crippen molar-refractivity contribution < 1.29 is 0 Å². The number of nitrogens with zero attached hydrogens (tertiary/aromatic N) is 5. The quantitative estimate of drug-likeness (QED) is 0.375. The number of benzene rings is 1. The van der Waals surface area contributed by atoms with E-state index in [1.165, 1.54) is 37.1 Å². The SMILES string of the molecule is CCNC(=NCc1ccc(CN2CCCC2)cc1)NCCCCn1cnnc1. The van der Waals surface area contributed by atoms with Gasteiger partial charge in [0.25, 0.3) is 0 Å². The highest BCUT2D eigenvalue weighted by molar-refractivity contribution is 5.79. The fourth-order valence-corrected chi connectivity index (χ4v) is 3.42. The van der Waals surface area contributed by atoms with Gasteiger partial charge in [0.1, 0.15) is 12.7 Å². The lowest BCUT2D eigenvalue weighted by atomic mass is 10.1. The van der Waals surface area contributed by atoms with Crippen molar-refractivity contribution in [2.24, 2.45) is 4.99 Å². The molecule has 0 amide bonds. The van der Waals surface area contributed by atoms with Crippen molar-refractivity contribution in [3.05, 3.63) is 48.0 Å². The lowest BCUT2D eigenvalue weighted by molar-refractivity contribution is 0.331. The maximum Gasteiger partial charge on any atom is 0.191 e. The highest BCUT2D eigenvalue weighted by Crippen LogP contribution is 2.13. The van der Waals surface area contributed by atoms with Gasteiger partial charge in [-0.05, 0) is 56.8 Å². The summed E-state index contributed by atoms with van der Waals surface area (Å²) >= 11 is 0. The van der Waals surface area contributed by atoms with Crippen LogP contribution in [0, 0.1) is 0 Å². The Labute approximate surface area is 168 Å². The Morgan fingerprint density at radius 3 is 2.43 bits per heavy atom. The number of guanidine groups is 1. The number of likely N-dealkylation sites (tertiary alicyclic amines) is 1. The monoisotopic (exact) mass is 383 g/mol. The van der Waals surface area contributed by atoms with E-state index < -0.39 is 0 Å². The second-order valence-corrected chi connectivity index (χ2v) is 7.33. The standard InChI is InChI=1S/C21H33N7/c1-2-22-21(23-11-3-4-14-28-17-25-26-18-28)24-15-19-7-9-20(10-8-19)16-27-12-5-6-13-27/h7-10,17-18H,2-6,11-16H2,1H3,(H2,22,23,24). The van der Waals surface area contributed by atoms with Crippen LogP contribution >= 0.6 is 0 Å². The van der Waals surface area contributed by atoms with Gasteiger partial charge in [0.15, 0.2) is 5.96 Å². The largest absolute Gasteiger partial charge is 0.357 e. The summed E-state index contributed by atoms with van der Waals surface area (Å²) in [7, 11) is 0. The van der Waals surface area contributed by atoms with Gasteiger partial charge in [0, 0.05) is 26.2 Å². The molecule has 0 unspecified atom stereocenters. The van der Waals surface area contributed by atoms with E-state index >= 15 is 0 Å². The summed E-state index contributed by atoms with van der Waals surface area (Å²) < 4.78 is 2.01. The number of unbranched alkanes of at least 4 members (excludes halogenated alkanes) is 1. The molecule has 0 radical (unpaired) electrons. The van der Waals surface area contributed by atoms with E-state index in [9.17, 15) is 0 Å². The number of aliphatic imine (C=N–C) groups is 1. The zero-order chi connectivity index (χ0) is 19.4. The molecule has 0 atom stereocenters. The molecule has 1 aromatic heterocycles. The molecule has 7 heteroatoms. The molecule has 1 saturated heterocycles. The first-order valence-corrected chi connectivity index (χ1v) is 10.5. The Balaban J connectivity index is 1.39. The van der Waals surface area contributed by atoms with E-state index in [1.54, 1.807) is 12.7 Å². The van der Waals surface area contributed by atoms with Crippen LogP contribution in [-0.2, 0) is 19.6 Å². The van der Waals surface area contributed by atoms with Gasteiger partial charge in [-0.15, -0.1) is 10.2 Å². The van der Waals surface area contributed by atoms with Gasteiger partial charge in [-0.1, -0.05) is 24.3 Å². The maximum atomic E-state index is 4.72. The predicted octanol–water partition coefficient (Wildman–Crippen LogP) is 2.41. The molecule has 0 aliphatic carbocycles. The summed E-state index contributed by atoms with van der Waals surface area (Å²) in [5, 5.41) is 14.4. The number of aryl methyl sites for hydroxylation is 1. The second kappa shape index (κ2) is 11.4. The fourth-order valence-electron chi connectivity index (χ4n) is 3.42. The molecule has 1 fully saturated rings. The van der Waals surface area contributed by atoms with Gasteiger partial charge < -0.3 is 15.2 Å². The number of rotatable bonds is 10. The van der Waals surface area contributed by atoms with Crippen LogP contribution in [0.25, 0.3) is 0 Å². The molecule has 2 aromatic rings.